The standard InChI is InChI=1S/C18H15N3O.C11H24N2O/c1-10-16(9-22)12(3)21-18(10)7-14-11(2)20-17-5-4-13(8-19)6-15(14)17;1-12-8-7-10-13(2)9-5-3-4-6-11-14/h4-7,9,20-21H,2H2,1,3H3;11-12H,3-10H2,1-2H3/b14-7+;. The van der Waals surface area contributed by atoms with Crippen LogP contribution in [0.3, 0.4) is 0 Å². The molecule has 0 atom stereocenters. The highest BCUT2D eigenvalue weighted by Crippen LogP contribution is 2.17. The molecule has 36 heavy (non-hydrogen) atoms. The summed E-state index contributed by atoms with van der Waals surface area (Å²) in [7, 11) is 4.15. The second kappa shape index (κ2) is 14.8. The van der Waals surface area contributed by atoms with Gasteiger partial charge in [-0.3, -0.25) is 4.79 Å². The molecular weight excluding hydrogens is 450 g/mol. The Balaban J connectivity index is 0.000000284. The minimum absolute atomic E-state index is 0.606. The van der Waals surface area contributed by atoms with Gasteiger partial charge < -0.3 is 25.0 Å². The van der Waals surface area contributed by atoms with Crippen LogP contribution in [0.5, 0.6) is 0 Å². The van der Waals surface area contributed by atoms with E-state index in [0.29, 0.717) is 11.1 Å². The fraction of sp³-hybridized carbons (Fsp3) is 0.414. The van der Waals surface area contributed by atoms with E-state index in [1.807, 2.05) is 39.1 Å². The highest BCUT2D eigenvalue weighted by Gasteiger charge is 2.09. The number of carbonyl (C=O) groups is 2. The zero-order valence-corrected chi connectivity index (χ0v) is 22.0. The van der Waals surface area contributed by atoms with Gasteiger partial charge in [0.25, 0.3) is 0 Å². The van der Waals surface area contributed by atoms with Crippen LogP contribution in [0.1, 0.15) is 65.0 Å². The summed E-state index contributed by atoms with van der Waals surface area (Å²) in [6.07, 6.45) is 9.22. The third-order valence-electron chi connectivity index (χ3n) is 6.32. The van der Waals surface area contributed by atoms with Crippen molar-refractivity contribution in [3.05, 3.63) is 56.8 Å². The van der Waals surface area contributed by atoms with Crippen LogP contribution in [-0.4, -0.2) is 61.2 Å². The Morgan fingerprint density at radius 2 is 1.86 bits per heavy atom. The normalized spacial score (nSPS) is 11.4. The summed E-state index contributed by atoms with van der Waals surface area (Å²) in [5.41, 5.74) is 4.88. The van der Waals surface area contributed by atoms with Crippen LogP contribution in [0, 0.1) is 25.2 Å². The number of nitrogens with zero attached hydrogens (tertiary/aromatic N) is 2. The molecule has 3 aromatic rings. The van der Waals surface area contributed by atoms with Crippen LogP contribution in [0.2, 0.25) is 0 Å². The number of aromatic nitrogens is 2. The molecule has 3 rings (SSSR count). The average Bonchev–Trinajstić information content (AvgIpc) is 3.33. The van der Waals surface area contributed by atoms with Crippen LogP contribution in [0.15, 0.2) is 18.2 Å². The Labute approximate surface area is 213 Å². The molecule has 0 unspecified atom stereocenters. The number of aryl methyl sites for hydroxylation is 1. The van der Waals surface area contributed by atoms with Gasteiger partial charge in [-0.25, -0.2) is 0 Å². The molecule has 2 aromatic heterocycles. The lowest BCUT2D eigenvalue weighted by atomic mass is 10.1. The van der Waals surface area contributed by atoms with Crippen molar-refractivity contribution in [1.29, 1.82) is 5.26 Å². The predicted octanol–water partition coefficient (Wildman–Crippen LogP) is 3.32. The lowest BCUT2D eigenvalue weighted by Crippen LogP contribution is -2.23. The molecule has 1 aromatic carbocycles. The summed E-state index contributed by atoms with van der Waals surface area (Å²) >= 11 is 0. The Morgan fingerprint density at radius 1 is 1.11 bits per heavy atom. The van der Waals surface area contributed by atoms with Crippen molar-refractivity contribution in [2.45, 2.75) is 46.0 Å². The Bertz CT molecular complexity index is 1300. The van der Waals surface area contributed by atoms with Crippen molar-refractivity contribution in [2.75, 3.05) is 33.7 Å². The third kappa shape index (κ3) is 8.04. The molecule has 0 aliphatic heterocycles. The molecule has 7 nitrogen and oxygen atoms in total. The molecule has 0 bridgehead atoms. The van der Waals surface area contributed by atoms with Crippen molar-refractivity contribution in [1.82, 2.24) is 20.2 Å². The summed E-state index contributed by atoms with van der Waals surface area (Å²) in [6.45, 7) is 11.2. The molecule has 0 saturated carbocycles. The number of aldehydes is 2. The van der Waals surface area contributed by atoms with Crippen molar-refractivity contribution >= 4 is 36.1 Å². The Kier molecular flexibility index (Phi) is 11.8. The van der Waals surface area contributed by atoms with E-state index in [9.17, 15) is 9.59 Å². The van der Waals surface area contributed by atoms with Crippen LogP contribution in [0.4, 0.5) is 0 Å². The Hall–Kier alpha value is -3.47. The van der Waals surface area contributed by atoms with Crippen molar-refractivity contribution in [3.8, 4) is 6.07 Å². The zero-order chi connectivity index (χ0) is 26.5. The molecule has 0 spiro atoms. The minimum atomic E-state index is 0.606. The van der Waals surface area contributed by atoms with Crippen LogP contribution in [0.25, 0.3) is 23.6 Å². The maximum Gasteiger partial charge on any atom is 0.152 e. The van der Waals surface area contributed by atoms with E-state index in [-0.39, 0.29) is 0 Å². The molecule has 0 saturated heterocycles. The number of fused-ring (bicyclic) bond motifs is 1. The average molecular weight is 490 g/mol. The second-order valence-corrected chi connectivity index (χ2v) is 9.13. The number of rotatable bonds is 12. The quantitative estimate of drug-likeness (QED) is 0.267. The summed E-state index contributed by atoms with van der Waals surface area (Å²) in [5.74, 6) is 0. The topological polar surface area (TPSA) is 105 Å². The second-order valence-electron chi connectivity index (χ2n) is 9.13. The monoisotopic (exact) mass is 489 g/mol. The van der Waals surface area contributed by atoms with E-state index in [2.05, 4.69) is 39.9 Å². The van der Waals surface area contributed by atoms with E-state index >= 15 is 0 Å². The number of hydrogen-bond donors (Lipinski definition) is 3. The van der Waals surface area contributed by atoms with E-state index < -0.39 is 0 Å². The van der Waals surface area contributed by atoms with Gasteiger partial charge in [-0.1, -0.05) is 13.0 Å². The molecule has 0 aliphatic carbocycles. The fourth-order valence-electron chi connectivity index (χ4n) is 4.18. The molecule has 192 valence electrons. The molecular formula is C29H39N5O2. The summed E-state index contributed by atoms with van der Waals surface area (Å²) in [4.78, 5) is 30.0. The number of benzene rings is 1. The highest BCUT2D eigenvalue weighted by atomic mass is 16.1. The van der Waals surface area contributed by atoms with Gasteiger partial charge in [0.15, 0.2) is 6.29 Å². The highest BCUT2D eigenvalue weighted by molar-refractivity contribution is 5.85. The number of hydrogen-bond acceptors (Lipinski definition) is 5. The maximum absolute atomic E-state index is 11.1. The van der Waals surface area contributed by atoms with Gasteiger partial charge >= 0.3 is 0 Å². The number of carbonyl (C=O) groups excluding carboxylic acids is 2. The van der Waals surface area contributed by atoms with Gasteiger partial charge in [0.05, 0.1) is 11.6 Å². The van der Waals surface area contributed by atoms with Crippen LogP contribution in [-0.2, 0) is 4.79 Å². The number of aromatic amines is 2. The first-order valence-electron chi connectivity index (χ1n) is 12.5. The van der Waals surface area contributed by atoms with Gasteiger partial charge in [0, 0.05) is 44.8 Å². The van der Waals surface area contributed by atoms with E-state index in [1.165, 1.54) is 19.3 Å². The summed E-state index contributed by atoms with van der Waals surface area (Å²) in [6, 6.07) is 7.65. The molecule has 0 fully saturated rings. The van der Waals surface area contributed by atoms with Crippen molar-refractivity contribution in [2.24, 2.45) is 0 Å². The maximum atomic E-state index is 11.1. The first kappa shape index (κ1) is 28.8. The van der Waals surface area contributed by atoms with Gasteiger partial charge in [-0.05, 0) is 96.7 Å². The van der Waals surface area contributed by atoms with Gasteiger partial charge in [-0.2, -0.15) is 5.26 Å². The van der Waals surface area contributed by atoms with E-state index in [1.54, 1.807) is 6.07 Å². The van der Waals surface area contributed by atoms with Gasteiger partial charge in [0.2, 0.25) is 0 Å². The molecule has 0 radical (unpaired) electrons. The minimum Gasteiger partial charge on any atom is -0.358 e. The third-order valence-corrected chi connectivity index (χ3v) is 6.32. The first-order valence-corrected chi connectivity index (χ1v) is 12.5. The molecule has 7 heteroatoms. The summed E-state index contributed by atoms with van der Waals surface area (Å²) in [5, 5.41) is 14.9. The number of H-pyrrole nitrogens is 2. The fourth-order valence-corrected chi connectivity index (χ4v) is 4.18. The largest absolute Gasteiger partial charge is 0.358 e. The van der Waals surface area contributed by atoms with Gasteiger partial charge in [0.1, 0.15) is 6.29 Å². The van der Waals surface area contributed by atoms with Crippen molar-refractivity contribution in [3.63, 3.8) is 0 Å². The lowest BCUT2D eigenvalue weighted by molar-refractivity contribution is -0.107. The SMILES string of the molecule is C=c1[nH]c2ccc(C#N)cc2/c1=C/c1[nH]c(C)c(C=O)c1C.CNCCCN(C)CCCCCC=O. The number of nitriles is 1. The summed E-state index contributed by atoms with van der Waals surface area (Å²) < 4.78 is 0. The number of nitrogens with one attached hydrogen (secondary N) is 3. The first-order chi connectivity index (χ1) is 17.4. The van der Waals surface area contributed by atoms with Crippen molar-refractivity contribution < 1.29 is 9.59 Å². The molecule has 3 N–H and O–H groups in total. The Morgan fingerprint density at radius 3 is 2.50 bits per heavy atom. The van der Waals surface area contributed by atoms with E-state index in [4.69, 9.17) is 5.26 Å². The molecule has 2 heterocycles. The van der Waals surface area contributed by atoms with Crippen LogP contribution < -0.4 is 15.9 Å². The van der Waals surface area contributed by atoms with Crippen LogP contribution >= 0.6 is 0 Å². The lowest BCUT2D eigenvalue weighted by Gasteiger charge is -2.15. The molecule has 0 aliphatic rings. The van der Waals surface area contributed by atoms with Gasteiger partial charge in [-0.15, -0.1) is 0 Å². The number of unbranched alkanes of at least 4 members (excludes halogenated alkanes) is 3. The van der Waals surface area contributed by atoms with E-state index in [0.717, 1.165) is 83.5 Å². The predicted molar refractivity (Wildman–Crippen MR) is 148 cm³/mol. The molecule has 0 amide bonds. The zero-order valence-electron chi connectivity index (χ0n) is 22.0. The smallest absolute Gasteiger partial charge is 0.152 e.